The lowest BCUT2D eigenvalue weighted by Gasteiger charge is -2.11. The van der Waals surface area contributed by atoms with Crippen LogP contribution in [0.3, 0.4) is 0 Å². The molecule has 0 spiro atoms. The van der Waals surface area contributed by atoms with E-state index in [0.717, 1.165) is 24.1 Å². The third kappa shape index (κ3) is 3.35. The molecule has 0 radical (unpaired) electrons. The minimum atomic E-state index is -0.193. The number of hydrogen-bond donors (Lipinski definition) is 1. The molecule has 0 bridgehead atoms. The molecule has 7 heteroatoms. The molecule has 0 atom stereocenters. The van der Waals surface area contributed by atoms with Gasteiger partial charge in [0.2, 0.25) is 11.7 Å². The molecule has 0 saturated heterocycles. The van der Waals surface area contributed by atoms with Crippen LogP contribution in [0.15, 0.2) is 28.1 Å². The van der Waals surface area contributed by atoms with E-state index in [9.17, 15) is 4.79 Å². The van der Waals surface area contributed by atoms with E-state index < -0.39 is 0 Å². The number of hydrogen-bond acceptors (Lipinski definition) is 6. The number of rotatable bonds is 5. The van der Waals surface area contributed by atoms with E-state index >= 15 is 0 Å². The van der Waals surface area contributed by atoms with Gasteiger partial charge in [0.05, 0.1) is 10.4 Å². The van der Waals surface area contributed by atoms with Crippen molar-refractivity contribution < 1.29 is 9.32 Å². The van der Waals surface area contributed by atoms with Gasteiger partial charge in [-0.3, -0.25) is 4.79 Å². The fraction of sp³-hybridized carbons (Fsp3) is 0.294. The fourth-order valence-corrected chi connectivity index (χ4v) is 3.08. The average Bonchev–Trinajstić information content (AvgIpc) is 3.18. The van der Waals surface area contributed by atoms with E-state index in [2.05, 4.69) is 27.4 Å². The smallest absolute Gasteiger partial charge is 0.266 e. The maximum absolute atomic E-state index is 12.4. The number of amides is 1. The predicted octanol–water partition coefficient (Wildman–Crippen LogP) is 4.01. The molecule has 0 saturated carbocycles. The van der Waals surface area contributed by atoms with Crippen LogP contribution >= 0.6 is 11.3 Å². The number of pyridine rings is 1. The SMILES string of the molecule is CCCc1nc(-c2c(C)cc(C)nc2NC(=O)c2cccs2)no1. The minimum absolute atomic E-state index is 0.193. The molecule has 3 heterocycles. The van der Waals surface area contributed by atoms with Crippen molar-refractivity contribution in [2.75, 3.05) is 5.32 Å². The van der Waals surface area contributed by atoms with Gasteiger partial charge in [-0.25, -0.2) is 4.98 Å². The number of aryl methyl sites for hydroxylation is 3. The summed E-state index contributed by atoms with van der Waals surface area (Å²) in [6.45, 7) is 5.88. The Morgan fingerprint density at radius 2 is 2.17 bits per heavy atom. The summed E-state index contributed by atoms with van der Waals surface area (Å²) in [7, 11) is 0. The Hall–Kier alpha value is -2.54. The molecule has 0 aliphatic rings. The van der Waals surface area contributed by atoms with Crippen molar-refractivity contribution in [3.8, 4) is 11.4 Å². The van der Waals surface area contributed by atoms with Gasteiger partial charge in [0.15, 0.2) is 0 Å². The second kappa shape index (κ2) is 6.92. The number of aromatic nitrogens is 3. The minimum Gasteiger partial charge on any atom is -0.339 e. The summed E-state index contributed by atoms with van der Waals surface area (Å²) < 4.78 is 5.28. The normalized spacial score (nSPS) is 10.8. The van der Waals surface area contributed by atoms with Gasteiger partial charge in [-0.15, -0.1) is 11.3 Å². The highest BCUT2D eigenvalue weighted by atomic mass is 32.1. The van der Waals surface area contributed by atoms with Gasteiger partial charge in [0, 0.05) is 12.1 Å². The van der Waals surface area contributed by atoms with Crippen LogP contribution in [0.5, 0.6) is 0 Å². The molecule has 1 amide bonds. The Morgan fingerprint density at radius 3 is 2.88 bits per heavy atom. The lowest BCUT2D eigenvalue weighted by atomic mass is 10.1. The Bertz CT molecular complexity index is 856. The van der Waals surface area contributed by atoms with Gasteiger partial charge in [-0.1, -0.05) is 18.1 Å². The van der Waals surface area contributed by atoms with Crippen molar-refractivity contribution in [1.82, 2.24) is 15.1 Å². The summed E-state index contributed by atoms with van der Waals surface area (Å²) >= 11 is 1.38. The fourth-order valence-electron chi connectivity index (χ4n) is 2.46. The first kappa shape index (κ1) is 16.3. The van der Waals surface area contributed by atoms with Crippen LogP contribution in [-0.2, 0) is 6.42 Å². The van der Waals surface area contributed by atoms with Gasteiger partial charge < -0.3 is 9.84 Å². The van der Waals surface area contributed by atoms with Crippen LogP contribution in [0.4, 0.5) is 5.82 Å². The monoisotopic (exact) mass is 342 g/mol. The van der Waals surface area contributed by atoms with Crippen molar-refractivity contribution in [2.45, 2.75) is 33.6 Å². The summed E-state index contributed by atoms with van der Waals surface area (Å²) in [5.41, 5.74) is 2.44. The maximum atomic E-state index is 12.4. The first-order chi connectivity index (χ1) is 11.6. The molecule has 0 aliphatic carbocycles. The van der Waals surface area contributed by atoms with Crippen LogP contribution in [0.25, 0.3) is 11.4 Å². The third-order valence-electron chi connectivity index (χ3n) is 3.48. The molecule has 1 N–H and O–H groups in total. The van der Waals surface area contributed by atoms with E-state index in [4.69, 9.17) is 4.52 Å². The highest BCUT2D eigenvalue weighted by molar-refractivity contribution is 7.12. The zero-order chi connectivity index (χ0) is 17.1. The highest BCUT2D eigenvalue weighted by Gasteiger charge is 2.19. The number of carbonyl (C=O) groups excluding carboxylic acids is 1. The molecule has 3 aromatic heterocycles. The highest BCUT2D eigenvalue weighted by Crippen LogP contribution is 2.29. The Labute approximate surface area is 143 Å². The van der Waals surface area contributed by atoms with Crippen molar-refractivity contribution in [3.05, 3.63) is 45.6 Å². The molecule has 0 unspecified atom stereocenters. The number of thiophene rings is 1. The second-order valence-electron chi connectivity index (χ2n) is 5.50. The Kier molecular flexibility index (Phi) is 4.71. The molecule has 3 aromatic rings. The molecule has 124 valence electrons. The van der Waals surface area contributed by atoms with Gasteiger partial charge in [0.1, 0.15) is 5.82 Å². The van der Waals surface area contributed by atoms with Crippen LogP contribution in [0.1, 0.15) is 40.2 Å². The number of anilines is 1. The van der Waals surface area contributed by atoms with Gasteiger partial charge in [-0.05, 0) is 43.3 Å². The van der Waals surface area contributed by atoms with Gasteiger partial charge in [-0.2, -0.15) is 4.98 Å². The lowest BCUT2D eigenvalue weighted by Crippen LogP contribution is -2.13. The summed E-state index contributed by atoms with van der Waals surface area (Å²) in [6, 6.07) is 5.55. The predicted molar refractivity (Wildman–Crippen MR) is 93.3 cm³/mol. The molecule has 3 rings (SSSR count). The van der Waals surface area contributed by atoms with Gasteiger partial charge >= 0.3 is 0 Å². The molecule has 24 heavy (non-hydrogen) atoms. The molecule has 0 aromatic carbocycles. The standard InChI is InChI=1S/C17H18N4O2S/c1-4-6-13-19-16(21-23-13)14-10(2)9-11(3)18-15(14)20-17(22)12-7-5-8-24-12/h5,7-9H,4,6H2,1-3H3,(H,18,20,22). The summed E-state index contributed by atoms with van der Waals surface area (Å²) in [6.07, 6.45) is 1.65. The number of nitrogens with one attached hydrogen (secondary N) is 1. The topological polar surface area (TPSA) is 80.9 Å². The van der Waals surface area contributed by atoms with Crippen molar-refractivity contribution in [1.29, 1.82) is 0 Å². The van der Waals surface area contributed by atoms with Crippen molar-refractivity contribution >= 4 is 23.1 Å². The number of nitrogens with zero attached hydrogens (tertiary/aromatic N) is 3. The third-order valence-corrected chi connectivity index (χ3v) is 4.35. The average molecular weight is 342 g/mol. The molecular formula is C17H18N4O2S. The zero-order valence-electron chi connectivity index (χ0n) is 13.8. The van der Waals surface area contributed by atoms with E-state index in [-0.39, 0.29) is 5.91 Å². The number of carbonyl (C=O) groups is 1. The van der Waals surface area contributed by atoms with E-state index in [1.54, 1.807) is 6.07 Å². The van der Waals surface area contributed by atoms with Crippen LogP contribution in [-0.4, -0.2) is 21.0 Å². The summed E-state index contributed by atoms with van der Waals surface area (Å²) in [5.74, 6) is 1.30. The lowest BCUT2D eigenvalue weighted by molar-refractivity contribution is 0.103. The van der Waals surface area contributed by atoms with E-state index in [1.165, 1.54) is 11.3 Å². The van der Waals surface area contributed by atoms with E-state index in [1.807, 2.05) is 31.4 Å². The van der Waals surface area contributed by atoms with Crippen LogP contribution < -0.4 is 5.32 Å². The van der Waals surface area contributed by atoms with Crippen molar-refractivity contribution in [2.24, 2.45) is 0 Å². The largest absolute Gasteiger partial charge is 0.339 e. The summed E-state index contributed by atoms with van der Waals surface area (Å²) in [4.78, 5) is 21.9. The summed E-state index contributed by atoms with van der Waals surface area (Å²) in [5, 5.41) is 8.79. The zero-order valence-corrected chi connectivity index (χ0v) is 14.6. The van der Waals surface area contributed by atoms with Crippen LogP contribution in [0, 0.1) is 13.8 Å². The first-order valence-electron chi connectivity index (χ1n) is 7.74. The van der Waals surface area contributed by atoms with E-state index in [0.29, 0.717) is 28.0 Å². The maximum Gasteiger partial charge on any atom is 0.266 e. The molecular weight excluding hydrogens is 324 g/mol. The Morgan fingerprint density at radius 1 is 1.33 bits per heavy atom. The molecule has 0 aliphatic heterocycles. The van der Waals surface area contributed by atoms with Gasteiger partial charge in [0.25, 0.3) is 5.91 Å². The second-order valence-corrected chi connectivity index (χ2v) is 6.44. The van der Waals surface area contributed by atoms with Crippen LogP contribution in [0.2, 0.25) is 0 Å². The Balaban J connectivity index is 2.00. The quantitative estimate of drug-likeness (QED) is 0.757. The first-order valence-corrected chi connectivity index (χ1v) is 8.62. The molecule has 0 fully saturated rings. The molecule has 6 nitrogen and oxygen atoms in total. The van der Waals surface area contributed by atoms with Crippen molar-refractivity contribution in [3.63, 3.8) is 0 Å².